The van der Waals surface area contributed by atoms with Crippen LogP contribution in [-0.2, 0) is 6.18 Å². The smallest absolute Gasteiger partial charge is 0.435 e. The Bertz CT molecular complexity index is 841. The van der Waals surface area contributed by atoms with Crippen LogP contribution >= 0.6 is 34.4 Å². The van der Waals surface area contributed by atoms with E-state index in [2.05, 4.69) is 20.2 Å². The first kappa shape index (κ1) is 16.0. The van der Waals surface area contributed by atoms with Crippen LogP contribution < -0.4 is 0 Å². The van der Waals surface area contributed by atoms with E-state index in [0.29, 0.717) is 17.2 Å². The lowest BCUT2D eigenvalue weighted by Gasteiger charge is -2.02. The third kappa shape index (κ3) is 3.38. The second kappa shape index (κ2) is 5.94. The first-order valence-electron chi connectivity index (χ1n) is 5.80. The summed E-state index contributed by atoms with van der Waals surface area (Å²) in [6.07, 6.45) is -4.83. The van der Waals surface area contributed by atoms with E-state index in [1.54, 1.807) is 0 Å². The summed E-state index contributed by atoms with van der Waals surface area (Å²) in [7, 11) is 0. The Balaban J connectivity index is 1.87. The fraction of sp³-hybridized carbons (Fsp3) is 0.0909. The first-order chi connectivity index (χ1) is 10.8. The maximum atomic E-state index is 12.8. The molecule has 0 aliphatic carbocycles. The molecule has 120 valence electrons. The summed E-state index contributed by atoms with van der Waals surface area (Å²) in [5, 5.41) is 17.4. The number of nitrogens with zero attached hydrogens (tertiary/aromatic N) is 3. The fourth-order valence-electron chi connectivity index (χ4n) is 1.57. The fourth-order valence-corrected chi connectivity index (χ4v) is 4.06. The number of aromatic carboxylic acids is 1. The molecule has 23 heavy (non-hydrogen) atoms. The van der Waals surface area contributed by atoms with Gasteiger partial charge in [-0.25, -0.2) is 14.8 Å². The number of carboxylic acids is 1. The third-order valence-electron chi connectivity index (χ3n) is 2.47. The Kier molecular flexibility index (Phi) is 4.12. The molecule has 0 unspecified atom stereocenters. The van der Waals surface area contributed by atoms with Crippen molar-refractivity contribution in [3.8, 4) is 10.7 Å². The average Bonchev–Trinajstić information content (AvgIpc) is 3.17. The number of hydrogen-bond acceptors (Lipinski definition) is 7. The van der Waals surface area contributed by atoms with E-state index in [-0.39, 0.29) is 9.50 Å². The molecule has 6 nitrogen and oxygen atoms in total. The van der Waals surface area contributed by atoms with Gasteiger partial charge in [0.15, 0.2) is 15.9 Å². The first-order valence-corrected chi connectivity index (χ1v) is 8.31. The molecule has 0 radical (unpaired) electrons. The van der Waals surface area contributed by atoms with Crippen molar-refractivity contribution in [2.45, 2.75) is 15.7 Å². The van der Waals surface area contributed by atoms with E-state index in [1.807, 2.05) is 17.5 Å². The summed E-state index contributed by atoms with van der Waals surface area (Å²) >= 11 is 2.63. The van der Waals surface area contributed by atoms with Crippen LogP contribution in [0.15, 0.2) is 27.0 Å². The predicted octanol–water partition coefficient (Wildman–Crippen LogP) is 3.86. The topological polar surface area (TPSA) is 91.8 Å². The Labute approximate surface area is 138 Å². The Morgan fingerprint density at radius 3 is 2.70 bits per heavy atom. The SMILES string of the molecule is O=C(O)c1sc(Sc2n[nH]c(-c3cccs3)n2)nc1C(F)(F)F. The molecule has 3 heterocycles. The van der Waals surface area contributed by atoms with Gasteiger partial charge in [0.2, 0.25) is 5.16 Å². The van der Waals surface area contributed by atoms with Crippen molar-refractivity contribution in [2.24, 2.45) is 0 Å². The number of alkyl halides is 3. The number of carbonyl (C=O) groups is 1. The molecular weight excluding hydrogens is 373 g/mol. The van der Waals surface area contributed by atoms with Gasteiger partial charge < -0.3 is 5.11 Å². The number of hydrogen-bond donors (Lipinski definition) is 2. The van der Waals surface area contributed by atoms with Gasteiger partial charge in [-0.1, -0.05) is 17.4 Å². The number of aromatic amines is 1. The van der Waals surface area contributed by atoms with Gasteiger partial charge in [0.1, 0.15) is 4.88 Å². The lowest BCUT2D eigenvalue weighted by atomic mass is 10.3. The van der Waals surface area contributed by atoms with Crippen molar-refractivity contribution >= 4 is 40.4 Å². The molecule has 0 aliphatic rings. The molecule has 3 aromatic rings. The average molecular weight is 378 g/mol. The molecule has 0 aromatic carbocycles. The quantitative estimate of drug-likeness (QED) is 0.716. The molecule has 0 saturated carbocycles. The van der Waals surface area contributed by atoms with Gasteiger partial charge in [-0.3, -0.25) is 5.10 Å². The maximum Gasteiger partial charge on any atom is 0.435 e. The summed E-state index contributed by atoms with van der Waals surface area (Å²) in [4.78, 5) is 18.4. The second-order valence-electron chi connectivity index (χ2n) is 4.01. The number of rotatable bonds is 4. The zero-order valence-corrected chi connectivity index (χ0v) is 13.2. The Morgan fingerprint density at radius 2 is 2.13 bits per heavy atom. The monoisotopic (exact) mass is 378 g/mol. The maximum absolute atomic E-state index is 12.8. The number of H-pyrrole nitrogens is 1. The standard InChI is InChI=1S/C11H5F3N4O2S3/c12-11(13,14)6-5(8(19)20)22-10(15-6)23-9-16-7(17-18-9)4-2-1-3-21-4/h1-3H,(H,19,20)(H,16,17,18). The van der Waals surface area contributed by atoms with Crippen molar-refractivity contribution in [1.82, 2.24) is 20.2 Å². The number of halogens is 3. The highest BCUT2D eigenvalue weighted by Crippen LogP contribution is 2.39. The molecule has 0 spiro atoms. The largest absolute Gasteiger partial charge is 0.477 e. The lowest BCUT2D eigenvalue weighted by molar-refractivity contribution is -0.141. The minimum Gasteiger partial charge on any atom is -0.477 e. The molecule has 0 saturated heterocycles. The van der Waals surface area contributed by atoms with Crippen LogP contribution in [-0.4, -0.2) is 31.2 Å². The van der Waals surface area contributed by atoms with E-state index in [1.165, 1.54) is 11.3 Å². The summed E-state index contributed by atoms with van der Waals surface area (Å²) in [5.74, 6) is -1.19. The zero-order valence-electron chi connectivity index (χ0n) is 10.8. The highest BCUT2D eigenvalue weighted by atomic mass is 32.2. The van der Waals surface area contributed by atoms with Crippen molar-refractivity contribution in [2.75, 3.05) is 0 Å². The Hall–Kier alpha value is -1.92. The Morgan fingerprint density at radius 1 is 1.35 bits per heavy atom. The van der Waals surface area contributed by atoms with E-state index in [4.69, 9.17) is 5.11 Å². The van der Waals surface area contributed by atoms with Gasteiger partial charge in [0.05, 0.1) is 4.88 Å². The van der Waals surface area contributed by atoms with Crippen LogP contribution in [0.5, 0.6) is 0 Å². The lowest BCUT2D eigenvalue weighted by Crippen LogP contribution is -2.11. The predicted molar refractivity (Wildman–Crippen MR) is 77.9 cm³/mol. The molecule has 2 N–H and O–H groups in total. The van der Waals surface area contributed by atoms with E-state index < -0.39 is 22.7 Å². The van der Waals surface area contributed by atoms with Crippen LogP contribution in [0.1, 0.15) is 15.4 Å². The van der Waals surface area contributed by atoms with E-state index >= 15 is 0 Å². The summed E-state index contributed by atoms with van der Waals surface area (Å²) < 4.78 is 38.3. The number of thiophene rings is 1. The molecule has 0 atom stereocenters. The molecule has 0 fully saturated rings. The van der Waals surface area contributed by atoms with E-state index in [0.717, 1.165) is 16.6 Å². The molecular formula is C11H5F3N4O2S3. The summed E-state index contributed by atoms with van der Waals surface area (Å²) in [6.45, 7) is 0. The molecule has 3 rings (SSSR count). The highest BCUT2D eigenvalue weighted by molar-refractivity contribution is 8.00. The van der Waals surface area contributed by atoms with E-state index in [9.17, 15) is 18.0 Å². The van der Waals surface area contributed by atoms with Gasteiger partial charge in [-0.2, -0.15) is 13.2 Å². The molecule has 0 amide bonds. The second-order valence-corrected chi connectivity index (χ2v) is 7.17. The van der Waals surface area contributed by atoms with Crippen LogP contribution in [0.3, 0.4) is 0 Å². The molecule has 3 aromatic heterocycles. The van der Waals surface area contributed by atoms with Crippen molar-refractivity contribution in [3.05, 3.63) is 28.1 Å². The van der Waals surface area contributed by atoms with Crippen LogP contribution in [0, 0.1) is 0 Å². The van der Waals surface area contributed by atoms with Crippen molar-refractivity contribution < 1.29 is 23.1 Å². The van der Waals surface area contributed by atoms with Gasteiger partial charge in [0.25, 0.3) is 0 Å². The highest BCUT2D eigenvalue weighted by Gasteiger charge is 2.40. The summed E-state index contributed by atoms with van der Waals surface area (Å²) in [6, 6.07) is 3.64. The van der Waals surface area contributed by atoms with Gasteiger partial charge in [-0.15, -0.1) is 16.4 Å². The van der Waals surface area contributed by atoms with Gasteiger partial charge >= 0.3 is 12.1 Å². The van der Waals surface area contributed by atoms with Crippen molar-refractivity contribution in [3.63, 3.8) is 0 Å². The van der Waals surface area contributed by atoms with Crippen LogP contribution in [0.4, 0.5) is 13.2 Å². The number of carboxylic acid groups (broad SMARTS) is 1. The number of thiazole rings is 1. The molecule has 0 aliphatic heterocycles. The minimum atomic E-state index is -4.83. The minimum absolute atomic E-state index is 0.0912. The third-order valence-corrected chi connectivity index (χ3v) is 5.31. The molecule has 0 bridgehead atoms. The number of aromatic nitrogens is 4. The normalized spacial score (nSPS) is 11.8. The summed E-state index contributed by atoms with van der Waals surface area (Å²) in [5.41, 5.74) is -1.41. The molecule has 12 heteroatoms. The van der Waals surface area contributed by atoms with Crippen LogP contribution in [0.25, 0.3) is 10.7 Å². The van der Waals surface area contributed by atoms with Crippen LogP contribution in [0.2, 0.25) is 0 Å². The van der Waals surface area contributed by atoms with Gasteiger partial charge in [-0.05, 0) is 23.2 Å². The van der Waals surface area contributed by atoms with Crippen molar-refractivity contribution in [1.29, 1.82) is 0 Å². The number of nitrogens with one attached hydrogen (secondary N) is 1. The van der Waals surface area contributed by atoms with Gasteiger partial charge in [0, 0.05) is 0 Å². The zero-order chi connectivity index (χ0) is 16.6.